The predicted molar refractivity (Wildman–Crippen MR) is 94.9 cm³/mol. The van der Waals surface area contributed by atoms with Crippen molar-refractivity contribution < 1.29 is 4.79 Å². The summed E-state index contributed by atoms with van der Waals surface area (Å²) in [5, 5.41) is 2.99. The Morgan fingerprint density at radius 1 is 1.21 bits per heavy atom. The van der Waals surface area contributed by atoms with Crippen LogP contribution in [0.25, 0.3) is 11.0 Å². The first-order valence-corrected chi connectivity index (χ1v) is 7.88. The molecule has 0 aliphatic carbocycles. The van der Waals surface area contributed by atoms with Crippen LogP contribution in [0, 0.1) is 0 Å². The van der Waals surface area contributed by atoms with E-state index in [0.717, 1.165) is 22.4 Å². The number of aromatic nitrogens is 3. The highest BCUT2D eigenvalue weighted by molar-refractivity contribution is 5.83. The first kappa shape index (κ1) is 16.0. The third-order valence-electron chi connectivity index (χ3n) is 4.02. The van der Waals surface area contributed by atoms with Gasteiger partial charge in [-0.2, -0.15) is 0 Å². The van der Waals surface area contributed by atoms with Gasteiger partial charge in [0, 0.05) is 32.4 Å². The lowest BCUT2D eigenvalue weighted by molar-refractivity contribution is -0.123. The van der Waals surface area contributed by atoms with E-state index in [-0.39, 0.29) is 11.9 Å². The van der Waals surface area contributed by atoms with Crippen LogP contribution < -0.4 is 10.2 Å². The number of amides is 1. The van der Waals surface area contributed by atoms with Crippen molar-refractivity contribution in [2.75, 3.05) is 19.0 Å². The summed E-state index contributed by atoms with van der Waals surface area (Å²) in [7, 11) is 3.88. The maximum Gasteiger partial charge on any atom is 0.243 e. The van der Waals surface area contributed by atoms with Crippen LogP contribution in [0.15, 0.2) is 48.9 Å². The van der Waals surface area contributed by atoms with E-state index in [9.17, 15) is 4.79 Å². The van der Waals surface area contributed by atoms with Crippen LogP contribution in [-0.2, 0) is 11.3 Å². The molecule has 0 saturated carbocycles. The van der Waals surface area contributed by atoms with Gasteiger partial charge in [-0.15, -0.1) is 0 Å². The second-order valence-corrected chi connectivity index (χ2v) is 5.91. The Bertz CT molecular complexity index is 855. The highest BCUT2D eigenvalue weighted by atomic mass is 16.2. The molecule has 124 valence electrons. The number of anilines is 1. The first-order chi connectivity index (χ1) is 11.6. The molecule has 1 aromatic carbocycles. The normalized spacial score (nSPS) is 12.1. The molecular weight excluding hydrogens is 302 g/mol. The SMILES string of the molecule is CC(C(=O)NCc1cccnc1N(C)C)n1cnc2ccccc21. The Morgan fingerprint density at radius 2 is 2.00 bits per heavy atom. The molecule has 0 saturated heterocycles. The zero-order valence-corrected chi connectivity index (χ0v) is 14.1. The fraction of sp³-hybridized carbons (Fsp3) is 0.278. The average molecular weight is 323 g/mol. The molecule has 6 nitrogen and oxygen atoms in total. The number of imidazole rings is 1. The Balaban J connectivity index is 1.73. The summed E-state index contributed by atoms with van der Waals surface area (Å²) in [5.74, 6) is 0.810. The van der Waals surface area contributed by atoms with E-state index >= 15 is 0 Å². The molecule has 6 heteroatoms. The lowest BCUT2D eigenvalue weighted by Gasteiger charge is -2.18. The van der Waals surface area contributed by atoms with Crippen molar-refractivity contribution in [3.05, 3.63) is 54.5 Å². The van der Waals surface area contributed by atoms with Crippen molar-refractivity contribution >= 4 is 22.8 Å². The minimum Gasteiger partial charge on any atom is -0.362 e. The molecule has 3 rings (SSSR count). The van der Waals surface area contributed by atoms with Gasteiger partial charge in [-0.1, -0.05) is 18.2 Å². The molecule has 1 atom stereocenters. The summed E-state index contributed by atoms with van der Waals surface area (Å²) in [6, 6.07) is 11.3. The van der Waals surface area contributed by atoms with Crippen molar-refractivity contribution in [2.24, 2.45) is 0 Å². The molecule has 1 unspecified atom stereocenters. The minimum atomic E-state index is -0.336. The number of para-hydroxylation sites is 2. The third-order valence-corrected chi connectivity index (χ3v) is 4.02. The molecule has 0 spiro atoms. The number of hydrogen-bond acceptors (Lipinski definition) is 4. The Kier molecular flexibility index (Phi) is 4.46. The van der Waals surface area contributed by atoms with Gasteiger partial charge in [0.05, 0.1) is 17.4 Å². The summed E-state index contributed by atoms with van der Waals surface area (Å²) < 4.78 is 1.89. The van der Waals surface area contributed by atoms with Crippen LogP contribution in [-0.4, -0.2) is 34.5 Å². The first-order valence-electron chi connectivity index (χ1n) is 7.88. The van der Waals surface area contributed by atoms with Crippen molar-refractivity contribution in [3.8, 4) is 0 Å². The molecule has 24 heavy (non-hydrogen) atoms. The predicted octanol–water partition coefficient (Wildman–Crippen LogP) is 2.37. The molecule has 3 aromatic rings. The Morgan fingerprint density at radius 3 is 2.79 bits per heavy atom. The number of rotatable bonds is 5. The summed E-state index contributed by atoms with van der Waals surface area (Å²) in [6.45, 7) is 2.32. The number of hydrogen-bond donors (Lipinski definition) is 1. The van der Waals surface area contributed by atoms with Crippen molar-refractivity contribution in [3.63, 3.8) is 0 Å². The van der Waals surface area contributed by atoms with Crippen LogP contribution in [0.1, 0.15) is 18.5 Å². The largest absolute Gasteiger partial charge is 0.362 e. The van der Waals surface area contributed by atoms with Gasteiger partial charge in [-0.05, 0) is 25.1 Å². The fourth-order valence-electron chi connectivity index (χ4n) is 2.71. The van der Waals surface area contributed by atoms with Crippen LogP contribution in [0.5, 0.6) is 0 Å². The molecule has 0 fully saturated rings. The van der Waals surface area contributed by atoms with E-state index in [2.05, 4.69) is 15.3 Å². The zero-order chi connectivity index (χ0) is 17.1. The minimum absolute atomic E-state index is 0.0493. The Labute approximate surface area is 141 Å². The van der Waals surface area contributed by atoms with E-state index in [1.54, 1.807) is 12.5 Å². The molecule has 0 aliphatic heterocycles. The fourth-order valence-corrected chi connectivity index (χ4v) is 2.71. The summed E-state index contributed by atoms with van der Waals surface area (Å²) in [4.78, 5) is 23.2. The quantitative estimate of drug-likeness (QED) is 0.783. The van der Waals surface area contributed by atoms with Gasteiger partial charge in [0.25, 0.3) is 0 Å². The number of carbonyl (C=O) groups is 1. The van der Waals surface area contributed by atoms with Crippen LogP contribution in [0.3, 0.4) is 0 Å². The van der Waals surface area contributed by atoms with Crippen molar-refractivity contribution in [2.45, 2.75) is 19.5 Å². The number of nitrogens with zero attached hydrogens (tertiary/aromatic N) is 4. The smallest absolute Gasteiger partial charge is 0.243 e. The molecule has 1 N–H and O–H groups in total. The van der Waals surface area contributed by atoms with E-state index in [1.807, 2.05) is 66.9 Å². The second-order valence-electron chi connectivity index (χ2n) is 5.91. The molecule has 0 bridgehead atoms. The highest BCUT2D eigenvalue weighted by Crippen LogP contribution is 2.18. The topological polar surface area (TPSA) is 63.1 Å². The third kappa shape index (κ3) is 3.08. The van der Waals surface area contributed by atoms with Crippen LogP contribution in [0.4, 0.5) is 5.82 Å². The van der Waals surface area contributed by atoms with Gasteiger partial charge in [-0.25, -0.2) is 9.97 Å². The van der Waals surface area contributed by atoms with Crippen molar-refractivity contribution in [1.82, 2.24) is 19.9 Å². The molecule has 2 heterocycles. The number of benzene rings is 1. The van der Waals surface area contributed by atoms with Crippen LogP contribution in [0.2, 0.25) is 0 Å². The summed E-state index contributed by atoms with van der Waals surface area (Å²) >= 11 is 0. The Hall–Kier alpha value is -2.89. The van der Waals surface area contributed by atoms with Gasteiger partial charge in [0.1, 0.15) is 11.9 Å². The van der Waals surface area contributed by atoms with Gasteiger partial charge in [0.15, 0.2) is 0 Å². The number of carbonyl (C=O) groups excluding carboxylic acids is 1. The number of fused-ring (bicyclic) bond motifs is 1. The van der Waals surface area contributed by atoms with E-state index < -0.39 is 0 Å². The van der Waals surface area contributed by atoms with E-state index in [1.165, 1.54) is 0 Å². The van der Waals surface area contributed by atoms with E-state index in [4.69, 9.17) is 0 Å². The maximum atomic E-state index is 12.5. The summed E-state index contributed by atoms with van der Waals surface area (Å²) in [6.07, 6.45) is 3.46. The molecular formula is C18H21N5O. The monoisotopic (exact) mass is 323 g/mol. The lowest BCUT2D eigenvalue weighted by Crippen LogP contribution is -2.31. The molecule has 2 aromatic heterocycles. The van der Waals surface area contributed by atoms with Gasteiger partial charge in [0.2, 0.25) is 5.91 Å². The molecule has 0 radical (unpaired) electrons. The average Bonchev–Trinajstić information content (AvgIpc) is 3.03. The molecule has 0 aliphatic rings. The maximum absolute atomic E-state index is 12.5. The zero-order valence-electron chi connectivity index (χ0n) is 14.1. The number of pyridine rings is 1. The standard InChI is InChI=1S/C18H21N5O/c1-13(23-12-21-15-8-4-5-9-16(15)23)18(24)20-11-14-7-6-10-19-17(14)22(2)3/h4-10,12-13H,11H2,1-3H3,(H,20,24). The second kappa shape index (κ2) is 6.70. The highest BCUT2D eigenvalue weighted by Gasteiger charge is 2.17. The number of nitrogens with one attached hydrogen (secondary N) is 1. The van der Waals surface area contributed by atoms with Gasteiger partial charge in [-0.3, -0.25) is 4.79 Å². The lowest BCUT2D eigenvalue weighted by atomic mass is 10.2. The van der Waals surface area contributed by atoms with E-state index in [0.29, 0.717) is 6.54 Å². The molecule has 1 amide bonds. The van der Waals surface area contributed by atoms with Crippen molar-refractivity contribution in [1.29, 1.82) is 0 Å². The van der Waals surface area contributed by atoms with Gasteiger partial charge < -0.3 is 14.8 Å². The van der Waals surface area contributed by atoms with Crippen LogP contribution >= 0.6 is 0 Å². The van der Waals surface area contributed by atoms with Gasteiger partial charge >= 0.3 is 0 Å². The summed E-state index contributed by atoms with van der Waals surface area (Å²) in [5.41, 5.74) is 2.83.